The van der Waals surface area contributed by atoms with Crippen molar-refractivity contribution >= 4 is 29.1 Å². The largest absolute Gasteiger partial charge is 0.322 e. The van der Waals surface area contributed by atoms with Gasteiger partial charge in [-0.05, 0) is 79.3 Å². The number of hydrogen-bond acceptors (Lipinski definition) is 3. The summed E-state index contributed by atoms with van der Waals surface area (Å²) in [5.74, 6) is 0.267. The van der Waals surface area contributed by atoms with E-state index in [1.165, 1.54) is 4.90 Å². The zero-order chi connectivity index (χ0) is 21.4. The second kappa shape index (κ2) is 6.39. The highest BCUT2D eigenvalue weighted by Crippen LogP contribution is 2.65. The predicted molar refractivity (Wildman–Crippen MR) is 118 cm³/mol. The molecular weight excluding hydrogens is 388 g/mol. The number of aryl methyl sites for hydroxylation is 2. The molecule has 156 valence electrons. The summed E-state index contributed by atoms with van der Waals surface area (Å²) in [5, 5.41) is 2.93. The van der Waals surface area contributed by atoms with Gasteiger partial charge < -0.3 is 5.32 Å². The summed E-state index contributed by atoms with van der Waals surface area (Å²) in [6.07, 6.45) is 5.45. The van der Waals surface area contributed by atoms with E-state index < -0.39 is 0 Å². The molecule has 5 heteroatoms. The lowest BCUT2D eigenvalue weighted by Gasteiger charge is -2.37. The van der Waals surface area contributed by atoms with Crippen molar-refractivity contribution in [3.63, 3.8) is 0 Å². The van der Waals surface area contributed by atoms with Gasteiger partial charge in [-0.3, -0.25) is 14.4 Å². The first-order chi connectivity index (χ1) is 15.0. The number of nitrogens with zero attached hydrogens (tertiary/aromatic N) is 1. The lowest BCUT2D eigenvalue weighted by molar-refractivity contribution is -0.124. The van der Waals surface area contributed by atoms with Gasteiger partial charge in [0.05, 0.1) is 23.1 Å². The van der Waals surface area contributed by atoms with E-state index in [1.807, 2.05) is 32.0 Å². The molecule has 5 nitrogen and oxygen atoms in total. The number of para-hydroxylation sites is 1. The minimum absolute atomic E-state index is 0.147. The molecule has 6 atom stereocenters. The predicted octanol–water partition coefficient (Wildman–Crippen LogP) is 4.11. The number of hydrogen-bond donors (Lipinski definition) is 1. The Bertz CT molecular complexity index is 1150. The Hall–Kier alpha value is -3.21. The third-order valence-corrected chi connectivity index (χ3v) is 7.82. The average molecular weight is 412 g/mol. The molecule has 3 amide bonds. The van der Waals surface area contributed by atoms with Gasteiger partial charge in [-0.1, -0.05) is 30.4 Å². The van der Waals surface area contributed by atoms with E-state index in [9.17, 15) is 14.4 Å². The Morgan fingerprint density at radius 1 is 0.903 bits per heavy atom. The van der Waals surface area contributed by atoms with Gasteiger partial charge >= 0.3 is 0 Å². The van der Waals surface area contributed by atoms with Crippen molar-refractivity contribution in [1.29, 1.82) is 0 Å². The van der Waals surface area contributed by atoms with Crippen LogP contribution in [0.3, 0.4) is 0 Å². The monoisotopic (exact) mass is 412 g/mol. The Balaban J connectivity index is 1.34. The molecule has 2 aromatic carbocycles. The standard InChI is InChI=1S/C26H24N2O3/c1-13-7-8-15(11-14(13)2)27-24(29)18-5-3-4-6-21(18)28-25(30)22-16-9-10-17(20-12-19(16)20)23(22)26(28)31/h3-11,16-17,19-20,22-23H,12H2,1-2H3,(H,27,29)/t16-,17-,19-,20-,22-,23+/m1/s1. The SMILES string of the molecule is Cc1ccc(NC(=O)c2ccccc2N2C(=O)[C@@H]3[C@@H]4C=C[C@H]([C@H]5C[C@H]45)[C@@H]3C2=O)cc1C. The third-order valence-electron chi connectivity index (χ3n) is 7.82. The van der Waals surface area contributed by atoms with Gasteiger partial charge in [0, 0.05) is 5.69 Å². The maximum atomic E-state index is 13.5. The molecule has 0 spiro atoms. The molecule has 31 heavy (non-hydrogen) atoms. The molecule has 2 aromatic rings. The lowest BCUT2D eigenvalue weighted by Crippen LogP contribution is -2.40. The number of amides is 3. The molecule has 1 N–H and O–H groups in total. The molecule has 2 bridgehead atoms. The van der Waals surface area contributed by atoms with Crippen LogP contribution in [-0.4, -0.2) is 17.7 Å². The zero-order valence-corrected chi connectivity index (χ0v) is 17.5. The van der Waals surface area contributed by atoms with Gasteiger partial charge in [0.1, 0.15) is 0 Å². The van der Waals surface area contributed by atoms with E-state index in [-0.39, 0.29) is 41.4 Å². The molecular formula is C26H24N2O3. The second-order valence-corrected chi connectivity index (χ2v) is 9.44. The van der Waals surface area contributed by atoms with Crippen LogP contribution in [0, 0.1) is 49.4 Å². The van der Waals surface area contributed by atoms with Crippen LogP contribution >= 0.6 is 0 Å². The Morgan fingerprint density at radius 3 is 2.19 bits per heavy atom. The van der Waals surface area contributed by atoms with Crippen molar-refractivity contribution in [2.75, 3.05) is 10.2 Å². The fraction of sp³-hybridized carbons (Fsp3) is 0.346. The van der Waals surface area contributed by atoms with Gasteiger partial charge in [-0.15, -0.1) is 0 Å². The Morgan fingerprint density at radius 2 is 1.55 bits per heavy atom. The summed E-state index contributed by atoms with van der Waals surface area (Å²) in [4.78, 5) is 41.4. The normalized spacial score (nSPS) is 32.1. The number of allylic oxidation sites excluding steroid dienone is 2. The summed E-state index contributed by atoms with van der Waals surface area (Å²) >= 11 is 0. The number of imide groups is 1. The first-order valence-electron chi connectivity index (χ1n) is 11.0. The van der Waals surface area contributed by atoms with Crippen LogP contribution in [0.15, 0.2) is 54.6 Å². The van der Waals surface area contributed by atoms with Crippen molar-refractivity contribution in [3.05, 3.63) is 71.3 Å². The average Bonchev–Trinajstić information content (AvgIpc) is 3.54. The number of carbonyl (C=O) groups excluding carboxylic acids is 3. The van der Waals surface area contributed by atoms with E-state index in [1.54, 1.807) is 24.3 Å². The first-order valence-corrected chi connectivity index (χ1v) is 11.0. The van der Waals surface area contributed by atoms with E-state index in [0.717, 1.165) is 17.5 Å². The molecule has 2 saturated carbocycles. The van der Waals surface area contributed by atoms with Gasteiger partial charge in [-0.2, -0.15) is 0 Å². The maximum absolute atomic E-state index is 13.5. The van der Waals surface area contributed by atoms with Crippen LogP contribution in [-0.2, 0) is 9.59 Å². The molecule has 0 aromatic heterocycles. The molecule has 7 rings (SSSR count). The fourth-order valence-electron chi connectivity index (χ4n) is 6.07. The summed E-state index contributed by atoms with van der Waals surface area (Å²) in [6.45, 7) is 4.02. The van der Waals surface area contributed by atoms with Crippen molar-refractivity contribution in [2.24, 2.45) is 35.5 Å². The van der Waals surface area contributed by atoms with Gasteiger partial charge in [0.2, 0.25) is 11.8 Å². The van der Waals surface area contributed by atoms with Crippen LogP contribution in [0.1, 0.15) is 27.9 Å². The maximum Gasteiger partial charge on any atom is 0.257 e. The highest BCUT2D eigenvalue weighted by atomic mass is 16.2. The number of benzene rings is 2. The summed E-state index contributed by atoms with van der Waals surface area (Å²) in [5.41, 5.74) is 3.66. The molecule has 4 aliphatic carbocycles. The number of rotatable bonds is 3. The molecule has 0 radical (unpaired) electrons. The van der Waals surface area contributed by atoms with Crippen molar-refractivity contribution in [3.8, 4) is 0 Å². The van der Waals surface area contributed by atoms with E-state index >= 15 is 0 Å². The van der Waals surface area contributed by atoms with Crippen molar-refractivity contribution < 1.29 is 14.4 Å². The minimum atomic E-state index is -0.321. The molecule has 0 unspecified atom stereocenters. The fourth-order valence-corrected chi connectivity index (χ4v) is 6.07. The number of carbonyl (C=O) groups is 3. The van der Waals surface area contributed by atoms with Crippen molar-refractivity contribution in [2.45, 2.75) is 20.3 Å². The number of nitrogens with one attached hydrogen (secondary N) is 1. The summed E-state index contributed by atoms with van der Waals surface area (Å²) in [6, 6.07) is 12.7. The minimum Gasteiger partial charge on any atom is -0.322 e. The van der Waals surface area contributed by atoms with Gasteiger partial charge in [0.25, 0.3) is 5.91 Å². The summed E-state index contributed by atoms with van der Waals surface area (Å²) < 4.78 is 0. The van der Waals surface area contributed by atoms with Crippen LogP contribution in [0.4, 0.5) is 11.4 Å². The van der Waals surface area contributed by atoms with Crippen LogP contribution in [0.5, 0.6) is 0 Å². The van der Waals surface area contributed by atoms with E-state index in [0.29, 0.717) is 28.8 Å². The van der Waals surface area contributed by atoms with E-state index in [2.05, 4.69) is 17.5 Å². The van der Waals surface area contributed by atoms with Gasteiger partial charge in [0.15, 0.2) is 0 Å². The van der Waals surface area contributed by atoms with Gasteiger partial charge in [-0.25, -0.2) is 4.90 Å². The second-order valence-electron chi connectivity index (χ2n) is 9.44. The Labute approximate surface area is 181 Å². The molecule has 3 fully saturated rings. The number of anilines is 2. The third kappa shape index (κ3) is 2.59. The molecule has 1 heterocycles. The molecule has 5 aliphatic rings. The van der Waals surface area contributed by atoms with Crippen LogP contribution in [0.25, 0.3) is 0 Å². The van der Waals surface area contributed by atoms with Crippen molar-refractivity contribution in [1.82, 2.24) is 0 Å². The quantitative estimate of drug-likeness (QED) is 0.609. The highest BCUT2D eigenvalue weighted by Gasteiger charge is 2.67. The smallest absolute Gasteiger partial charge is 0.257 e. The highest BCUT2D eigenvalue weighted by molar-refractivity contribution is 6.25. The van der Waals surface area contributed by atoms with E-state index in [4.69, 9.17) is 0 Å². The van der Waals surface area contributed by atoms with Crippen LogP contribution in [0.2, 0.25) is 0 Å². The first kappa shape index (κ1) is 18.6. The summed E-state index contributed by atoms with van der Waals surface area (Å²) in [7, 11) is 0. The lowest BCUT2D eigenvalue weighted by atomic mass is 9.63. The Kier molecular flexibility index (Phi) is 3.83. The topological polar surface area (TPSA) is 66.5 Å². The zero-order valence-electron chi connectivity index (χ0n) is 17.5. The molecule has 1 aliphatic heterocycles. The molecule has 1 saturated heterocycles. The van der Waals surface area contributed by atoms with Crippen LogP contribution < -0.4 is 10.2 Å².